The molecule has 2 aromatic carbocycles. The summed E-state index contributed by atoms with van der Waals surface area (Å²) in [6, 6.07) is 14.6. The molecular formula is C20H19N3O. The van der Waals surface area contributed by atoms with Gasteiger partial charge in [0.05, 0.1) is 5.69 Å². The SMILES string of the molecule is O=C(CCc1cccc2ccccc12)N1CCc2ncncc2C1. The number of hydrogen-bond acceptors (Lipinski definition) is 3. The summed E-state index contributed by atoms with van der Waals surface area (Å²) >= 11 is 0. The van der Waals surface area contributed by atoms with Crippen LogP contribution in [0.25, 0.3) is 10.8 Å². The van der Waals surface area contributed by atoms with Crippen LogP contribution in [0.3, 0.4) is 0 Å². The Morgan fingerprint density at radius 2 is 2.00 bits per heavy atom. The molecule has 24 heavy (non-hydrogen) atoms. The van der Waals surface area contributed by atoms with Crippen LogP contribution < -0.4 is 0 Å². The van der Waals surface area contributed by atoms with E-state index in [1.54, 1.807) is 6.33 Å². The molecule has 1 amide bonds. The van der Waals surface area contributed by atoms with Crippen LogP contribution in [0.1, 0.15) is 23.2 Å². The summed E-state index contributed by atoms with van der Waals surface area (Å²) in [5, 5.41) is 2.47. The van der Waals surface area contributed by atoms with Gasteiger partial charge in [0.1, 0.15) is 6.33 Å². The van der Waals surface area contributed by atoms with Gasteiger partial charge >= 0.3 is 0 Å². The van der Waals surface area contributed by atoms with E-state index in [0.29, 0.717) is 13.0 Å². The average Bonchev–Trinajstić information content (AvgIpc) is 2.65. The Labute approximate surface area is 141 Å². The molecule has 4 nitrogen and oxygen atoms in total. The largest absolute Gasteiger partial charge is 0.338 e. The van der Waals surface area contributed by atoms with Crippen LogP contribution in [0.5, 0.6) is 0 Å². The van der Waals surface area contributed by atoms with Crippen molar-refractivity contribution in [2.24, 2.45) is 0 Å². The fraction of sp³-hybridized carbons (Fsp3) is 0.250. The molecule has 0 fully saturated rings. The molecule has 0 unspecified atom stereocenters. The maximum atomic E-state index is 12.6. The van der Waals surface area contributed by atoms with Crippen molar-refractivity contribution < 1.29 is 4.79 Å². The van der Waals surface area contributed by atoms with Crippen LogP contribution in [0, 0.1) is 0 Å². The highest BCUT2D eigenvalue weighted by Gasteiger charge is 2.21. The first-order valence-corrected chi connectivity index (χ1v) is 8.33. The quantitative estimate of drug-likeness (QED) is 0.745. The molecule has 0 N–H and O–H groups in total. The summed E-state index contributed by atoms with van der Waals surface area (Å²) in [5.41, 5.74) is 3.38. The Kier molecular flexibility index (Phi) is 3.95. The Morgan fingerprint density at radius 1 is 1.12 bits per heavy atom. The number of aromatic nitrogens is 2. The van der Waals surface area contributed by atoms with Gasteiger partial charge in [-0.2, -0.15) is 0 Å². The maximum absolute atomic E-state index is 12.6. The summed E-state index contributed by atoms with van der Waals surface area (Å²) in [4.78, 5) is 22.9. The number of benzene rings is 2. The molecule has 3 aromatic rings. The third-order valence-corrected chi connectivity index (χ3v) is 4.70. The Hall–Kier alpha value is -2.75. The van der Waals surface area contributed by atoms with E-state index in [1.807, 2.05) is 17.2 Å². The van der Waals surface area contributed by atoms with Crippen molar-refractivity contribution in [2.45, 2.75) is 25.8 Å². The number of nitrogens with zero attached hydrogens (tertiary/aromatic N) is 3. The summed E-state index contributed by atoms with van der Waals surface area (Å²) in [6.45, 7) is 1.38. The van der Waals surface area contributed by atoms with Gasteiger partial charge < -0.3 is 4.90 Å². The fourth-order valence-electron chi connectivity index (χ4n) is 3.39. The number of carbonyl (C=O) groups is 1. The minimum Gasteiger partial charge on any atom is -0.338 e. The average molecular weight is 317 g/mol. The van der Waals surface area contributed by atoms with Crippen LogP contribution >= 0.6 is 0 Å². The molecule has 0 saturated heterocycles. The van der Waals surface area contributed by atoms with Crippen molar-refractivity contribution in [3.05, 3.63) is 71.8 Å². The van der Waals surface area contributed by atoms with Gasteiger partial charge in [-0.05, 0) is 22.8 Å². The van der Waals surface area contributed by atoms with Crippen LogP contribution in [0.15, 0.2) is 55.0 Å². The molecule has 1 aromatic heterocycles. The second-order valence-corrected chi connectivity index (χ2v) is 6.20. The lowest BCUT2D eigenvalue weighted by atomic mass is 10.00. The summed E-state index contributed by atoms with van der Waals surface area (Å²) in [5.74, 6) is 0.206. The molecule has 0 aliphatic carbocycles. The number of hydrogen-bond donors (Lipinski definition) is 0. The predicted octanol–water partition coefficient (Wildman–Crippen LogP) is 3.15. The topological polar surface area (TPSA) is 46.1 Å². The van der Waals surface area contributed by atoms with Crippen molar-refractivity contribution in [3.63, 3.8) is 0 Å². The number of amides is 1. The van der Waals surface area contributed by atoms with E-state index in [4.69, 9.17) is 0 Å². The normalized spacial score (nSPS) is 13.8. The predicted molar refractivity (Wildman–Crippen MR) is 93.4 cm³/mol. The van der Waals surface area contributed by atoms with Gasteiger partial charge in [0.15, 0.2) is 0 Å². The molecule has 0 atom stereocenters. The lowest BCUT2D eigenvalue weighted by Gasteiger charge is -2.28. The molecule has 0 radical (unpaired) electrons. The van der Waals surface area contributed by atoms with Gasteiger partial charge in [-0.1, -0.05) is 42.5 Å². The zero-order chi connectivity index (χ0) is 16.4. The van der Waals surface area contributed by atoms with Gasteiger partial charge in [-0.25, -0.2) is 9.97 Å². The molecule has 2 heterocycles. The zero-order valence-electron chi connectivity index (χ0n) is 13.5. The standard InChI is InChI=1S/C20H19N3O/c24-20(23-11-10-19-17(13-23)12-21-14-22-19)9-8-16-6-3-5-15-4-1-2-7-18(15)16/h1-7,12,14H,8-11,13H2. The van der Waals surface area contributed by atoms with E-state index in [2.05, 4.69) is 46.4 Å². The lowest BCUT2D eigenvalue weighted by molar-refractivity contribution is -0.132. The van der Waals surface area contributed by atoms with Crippen LogP contribution in [0.2, 0.25) is 0 Å². The third kappa shape index (κ3) is 2.87. The summed E-state index contributed by atoms with van der Waals surface area (Å²) in [6.07, 6.45) is 5.53. The monoisotopic (exact) mass is 317 g/mol. The van der Waals surface area contributed by atoms with Gasteiger partial charge in [0.2, 0.25) is 5.91 Å². The van der Waals surface area contributed by atoms with E-state index >= 15 is 0 Å². The molecule has 0 bridgehead atoms. The maximum Gasteiger partial charge on any atom is 0.223 e. The Bertz CT molecular complexity index is 885. The van der Waals surface area contributed by atoms with Crippen LogP contribution in [0.4, 0.5) is 0 Å². The zero-order valence-corrected chi connectivity index (χ0v) is 13.5. The highest BCUT2D eigenvalue weighted by molar-refractivity contribution is 5.86. The van der Waals surface area contributed by atoms with Gasteiger partial charge in [0, 0.05) is 37.7 Å². The smallest absolute Gasteiger partial charge is 0.223 e. The van der Waals surface area contributed by atoms with Crippen molar-refractivity contribution in [1.29, 1.82) is 0 Å². The lowest BCUT2D eigenvalue weighted by Crippen LogP contribution is -2.36. The minimum absolute atomic E-state index is 0.206. The molecule has 4 heteroatoms. The third-order valence-electron chi connectivity index (χ3n) is 4.70. The van der Waals surface area contributed by atoms with Crippen LogP contribution in [-0.4, -0.2) is 27.3 Å². The molecular weight excluding hydrogens is 298 g/mol. The number of rotatable bonds is 3. The highest BCUT2D eigenvalue weighted by Crippen LogP contribution is 2.21. The van der Waals surface area contributed by atoms with E-state index in [1.165, 1.54) is 16.3 Å². The van der Waals surface area contributed by atoms with Crippen molar-refractivity contribution in [1.82, 2.24) is 14.9 Å². The van der Waals surface area contributed by atoms with Gasteiger partial charge in [-0.15, -0.1) is 0 Å². The first kappa shape index (κ1) is 14.8. The van der Waals surface area contributed by atoms with Gasteiger partial charge in [-0.3, -0.25) is 4.79 Å². The van der Waals surface area contributed by atoms with Crippen LogP contribution in [-0.2, 0) is 24.2 Å². The molecule has 0 saturated carbocycles. The highest BCUT2D eigenvalue weighted by atomic mass is 16.2. The van der Waals surface area contributed by atoms with E-state index in [9.17, 15) is 4.79 Å². The first-order chi connectivity index (χ1) is 11.8. The number of carbonyl (C=O) groups excluding carboxylic acids is 1. The van der Waals surface area contributed by atoms with Gasteiger partial charge in [0.25, 0.3) is 0 Å². The number of aryl methyl sites for hydroxylation is 1. The van der Waals surface area contributed by atoms with E-state index in [0.717, 1.165) is 30.6 Å². The molecule has 0 spiro atoms. The minimum atomic E-state index is 0.206. The summed E-state index contributed by atoms with van der Waals surface area (Å²) in [7, 11) is 0. The van der Waals surface area contributed by atoms with Crippen molar-refractivity contribution in [2.75, 3.05) is 6.54 Å². The van der Waals surface area contributed by atoms with Crippen molar-refractivity contribution in [3.8, 4) is 0 Å². The first-order valence-electron chi connectivity index (χ1n) is 8.33. The van der Waals surface area contributed by atoms with E-state index in [-0.39, 0.29) is 5.91 Å². The van der Waals surface area contributed by atoms with Crippen molar-refractivity contribution >= 4 is 16.7 Å². The molecule has 4 rings (SSSR count). The van der Waals surface area contributed by atoms with E-state index < -0.39 is 0 Å². The Balaban J connectivity index is 1.45. The second-order valence-electron chi connectivity index (χ2n) is 6.20. The Morgan fingerprint density at radius 3 is 2.96 bits per heavy atom. The second kappa shape index (κ2) is 6.40. The fourth-order valence-corrected chi connectivity index (χ4v) is 3.39. The molecule has 1 aliphatic heterocycles. The number of fused-ring (bicyclic) bond motifs is 2. The summed E-state index contributed by atoms with van der Waals surface area (Å²) < 4.78 is 0. The molecule has 120 valence electrons. The molecule has 1 aliphatic rings.